The topological polar surface area (TPSA) is 28.2 Å². The van der Waals surface area contributed by atoms with Gasteiger partial charge in [-0.2, -0.15) is 0 Å². The molecule has 0 spiro atoms. The van der Waals surface area contributed by atoms with E-state index >= 15 is 0 Å². The van der Waals surface area contributed by atoms with Crippen LogP contribution >= 0.6 is 0 Å². The van der Waals surface area contributed by atoms with Crippen LogP contribution in [-0.4, -0.2) is 30.2 Å². The van der Waals surface area contributed by atoms with Gasteiger partial charge in [0.2, 0.25) is 0 Å². The molecule has 18 heavy (non-hydrogen) atoms. The zero-order valence-electron chi connectivity index (χ0n) is 11.2. The van der Waals surface area contributed by atoms with Gasteiger partial charge in [-0.25, -0.2) is 4.98 Å². The maximum Gasteiger partial charge on any atom is 0.129 e. The Morgan fingerprint density at radius 3 is 2.89 bits per heavy atom. The molecule has 1 aliphatic carbocycles. The molecular weight excluding hydrogens is 222 g/mol. The first-order valence-corrected chi connectivity index (χ1v) is 7.25. The third-order valence-electron chi connectivity index (χ3n) is 4.01. The van der Waals surface area contributed by atoms with Crippen molar-refractivity contribution in [2.45, 2.75) is 51.1 Å². The van der Waals surface area contributed by atoms with Crippen molar-refractivity contribution < 1.29 is 0 Å². The number of piperidine rings is 1. The standard InChI is InChI=1S/C15H23N3/c1-12-7-9-17-15(10-12)18(14-5-6-14)11-13-4-2-3-8-16-13/h7,9-10,13-14,16H,2-6,8,11H2,1H3. The highest BCUT2D eigenvalue weighted by Gasteiger charge is 2.31. The number of hydrogen-bond donors (Lipinski definition) is 1. The highest BCUT2D eigenvalue weighted by molar-refractivity contribution is 5.43. The Bertz CT molecular complexity index is 394. The van der Waals surface area contributed by atoms with E-state index in [1.54, 1.807) is 0 Å². The van der Waals surface area contributed by atoms with Crippen molar-refractivity contribution in [1.29, 1.82) is 0 Å². The number of nitrogens with zero attached hydrogens (tertiary/aromatic N) is 2. The Morgan fingerprint density at radius 2 is 2.22 bits per heavy atom. The van der Waals surface area contributed by atoms with Crippen molar-refractivity contribution in [2.75, 3.05) is 18.0 Å². The molecule has 1 aromatic rings. The third-order valence-corrected chi connectivity index (χ3v) is 4.01. The largest absolute Gasteiger partial charge is 0.352 e. The van der Waals surface area contributed by atoms with Gasteiger partial charge < -0.3 is 10.2 Å². The lowest BCUT2D eigenvalue weighted by Crippen LogP contribution is -2.44. The predicted octanol–water partition coefficient (Wildman–Crippen LogP) is 2.50. The molecule has 0 radical (unpaired) electrons. The third kappa shape index (κ3) is 2.83. The van der Waals surface area contributed by atoms with Crippen LogP contribution in [0.25, 0.3) is 0 Å². The van der Waals surface area contributed by atoms with E-state index in [0.29, 0.717) is 6.04 Å². The van der Waals surface area contributed by atoms with Crippen LogP contribution < -0.4 is 10.2 Å². The highest BCUT2D eigenvalue weighted by Crippen LogP contribution is 2.31. The Labute approximate surface area is 110 Å². The zero-order chi connectivity index (χ0) is 12.4. The van der Waals surface area contributed by atoms with Gasteiger partial charge in [-0.15, -0.1) is 0 Å². The minimum Gasteiger partial charge on any atom is -0.352 e. The van der Waals surface area contributed by atoms with Crippen LogP contribution in [0.2, 0.25) is 0 Å². The van der Waals surface area contributed by atoms with E-state index in [2.05, 4.69) is 34.3 Å². The maximum atomic E-state index is 4.56. The molecule has 0 bridgehead atoms. The SMILES string of the molecule is Cc1ccnc(N(CC2CCCCN2)C2CC2)c1. The van der Waals surface area contributed by atoms with E-state index in [-0.39, 0.29) is 0 Å². The maximum absolute atomic E-state index is 4.56. The summed E-state index contributed by atoms with van der Waals surface area (Å²) in [5.74, 6) is 1.17. The summed E-state index contributed by atoms with van der Waals surface area (Å²) in [5.41, 5.74) is 1.31. The summed E-state index contributed by atoms with van der Waals surface area (Å²) in [6, 6.07) is 5.69. The lowest BCUT2D eigenvalue weighted by molar-refractivity contribution is 0.397. The molecule has 2 fully saturated rings. The Hall–Kier alpha value is -1.09. The first kappa shape index (κ1) is 12.0. The Kier molecular flexibility index (Phi) is 3.50. The molecular formula is C15H23N3. The zero-order valence-corrected chi connectivity index (χ0v) is 11.2. The van der Waals surface area contributed by atoms with Crippen molar-refractivity contribution in [1.82, 2.24) is 10.3 Å². The predicted molar refractivity (Wildman–Crippen MR) is 75.0 cm³/mol. The summed E-state index contributed by atoms with van der Waals surface area (Å²) in [5, 5.41) is 3.65. The quantitative estimate of drug-likeness (QED) is 0.883. The van der Waals surface area contributed by atoms with Gasteiger partial charge in [-0.05, 0) is 56.8 Å². The van der Waals surface area contributed by atoms with Crippen molar-refractivity contribution in [3.05, 3.63) is 23.9 Å². The number of pyridine rings is 1. The van der Waals surface area contributed by atoms with E-state index in [4.69, 9.17) is 0 Å². The summed E-state index contributed by atoms with van der Waals surface area (Å²) >= 11 is 0. The van der Waals surface area contributed by atoms with E-state index in [9.17, 15) is 0 Å². The fraction of sp³-hybridized carbons (Fsp3) is 0.667. The monoisotopic (exact) mass is 245 g/mol. The minimum atomic E-state index is 0.654. The number of hydrogen-bond acceptors (Lipinski definition) is 3. The molecule has 0 amide bonds. The summed E-state index contributed by atoms with van der Waals surface area (Å²) in [4.78, 5) is 7.09. The summed E-state index contributed by atoms with van der Waals surface area (Å²) in [6.45, 7) is 4.46. The average Bonchev–Trinajstić information content (AvgIpc) is 3.21. The first-order chi connectivity index (χ1) is 8.83. The number of aryl methyl sites for hydroxylation is 1. The lowest BCUT2D eigenvalue weighted by Gasteiger charge is -2.31. The van der Waals surface area contributed by atoms with Crippen molar-refractivity contribution in [2.24, 2.45) is 0 Å². The van der Waals surface area contributed by atoms with Crippen molar-refractivity contribution in [3.8, 4) is 0 Å². The smallest absolute Gasteiger partial charge is 0.129 e. The lowest BCUT2D eigenvalue weighted by atomic mass is 10.0. The fourth-order valence-corrected chi connectivity index (χ4v) is 2.81. The highest BCUT2D eigenvalue weighted by atomic mass is 15.2. The van der Waals surface area contributed by atoms with E-state index < -0.39 is 0 Å². The van der Waals surface area contributed by atoms with Crippen molar-refractivity contribution in [3.63, 3.8) is 0 Å². The van der Waals surface area contributed by atoms with Crippen LogP contribution in [0.3, 0.4) is 0 Å². The molecule has 1 aromatic heterocycles. The van der Waals surface area contributed by atoms with Crippen LogP contribution in [-0.2, 0) is 0 Å². The van der Waals surface area contributed by atoms with Crippen molar-refractivity contribution >= 4 is 5.82 Å². The number of aromatic nitrogens is 1. The van der Waals surface area contributed by atoms with Crippen LogP contribution in [0, 0.1) is 6.92 Å². The second-order valence-corrected chi connectivity index (χ2v) is 5.72. The molecule has 3 heteroatoms. The van der Waals surface area contributed by atoms with Gasteiger partial charge in [0.25, 0.3) is 0 Å². The first-order valence-electron chi connectivity index (χ1n) is 7.25. The molecule has 1 N–H and O–H groups in total. The van der Waals surface area contributed by atoms with Gasteiger partial charge in [0.05, 0.1) is 0 Å². The molecule has 0 aromatic carbocycles. The van der Waals surface area contributed by atoms with Gasteiger partial charge >= 0.3 is 0 Å². The van der Waals surface area contributed by atoms with E-state index in [0.717, 1.165) is 12.6 Å². The number of anilines is 1. The molecule has 2 aliphatic rings. The molecule has 1 saturated heterocycles. The van der Waals surface area contributed by atoms with Crippen LogP contribution in [0.4, 0.5) is 5.82 Å². The molecule has 1 saturated carbocycles. The van der Waals surface area contributed by atoms with Gasteiger partial charge in [0, 0.05) is 24.8 Å². The molecule has 1 atom stereocenters. The summed E-state index contributed by atoms with van der Waals surface area (Å²) in [7, 11) is 0. The van der Waals surface area contributed by atoms with Gasteiger partial charge in [0.1, 0.15) is 5.82 Å². The number of rotatable bonds is 4. The Balaban J connectivity index is 1.71. The summed E-state index contributed by atoms with van der Waals surface area (Å²) in [6.07, 6.45) is 8.63. The molecule has 1 aliphatic heterocycles. The van der Waals surface area contributed by atoms with Gasteiger partial charge in [-0.1, -0.05) is 6.42 Å². The van der Waals surface area contributed by atoms with E-state index in [1.165, 1.54) is 50.0 Å². The molecule has 98 valence electrons. The normalized spacial score (nSPS) is 23.9. The van der Waals surface area contributed by atoms with Crippen LogP contribution in [0.5, 0.6) is 0 Å². The fourth-order valence-electron chi connectivity index (χ4n) is 2.81. The average molecular weight is 245 g/mol. The minimum absolute atomic E-state index is 0.654. The van der Waals surface area contributed by atoms with Gasteiger partial charge in [-0.3, -0.25) is 0 Å². The van der Waals surface area contributed by atoms with Crippen LogP contribution in [0.1, 0.15) is 37.7 Å². The van der Waals surface area contributed by atoms with E-state index in [1.807, 2.05) is 6.20 Å². The molecule has 3 nitrogen and oxygen atoms in total. The second kappa shape index (κ2) is 5.27. The Morgan fingerprint density at radius 1 is 1.33 bits per heavy atom. The summed E-state index contributed by atoms with van der Waals surface area (Å²) < 4.78 is 0. The van der Waals surface area contributed by atoms with Crippen LogP contribution in [0.15, 0.2) is 18.3 Å². The molecule has 3 rings (SSSR count). The number of nitrogens with one attached hydrogen (secondary N) is 1. The molecule has 2 heterocycles. The molecule has 1 unspecified atom stereocenters. The second-order valence-electron chi connectivity index (χ2n) is 5.72. The van der Waals surface area contributed by atoms with Gasteiger partial charge in [0.15, 0.2) is 0 Å².